The van der Waals surface area contributed by atoms with Crippen molar-refractivity contribution in [3.8, 4) is 12.3 Å². The number of carbonyl (C=O) groups is 1. The monoisotopic (exact) mass is 170 g/mol. The number of aliphatic carboxylic acids is 1. The van der Waals surface area contributed by atoms with Gasteiger partial charge < -0.3 is 14.6 Å². The summed E-state index contributed by atoms with van der Waals surface area (Å²) < 4.78 is 10.0. The summed E-state index contributed by atoms with van der Waals surface area (Å²) in [6.07, 6.45) is 4.96. The molecule has 0 aromatic carbocycles. The van der Waals surface area contributed by atoms with E-state index >= 15 is 0 Å². The van der Waals surface area contributed by atoms with Crippen LogP contribution in [0.2, 0.25) is 0 Å². The van der Waals surface area contributed by atoms with Gasteiger partial charge in [-0.1, -0.05) is 5.92 Å². The maximum absolute atomic E-state index is 10.3. The van der Waals surface area contributed by atoms with Crippen molar-refractivity contribution < 1.29 is 19.4 Å². The first-order valence-corrected chi connectivity index (χ1v) is 3.63. The first-order valence-electron chi connectivity index (χ1n) is 3.63. The lowest BCUT2D eigenvalue weighted by molar-refractivity contribution is -0.169. The number of hydrogen-bond acceptors (Lipinski definition) is 3. The molecule has 1 rings (SSSR count). The van der Waals surface area contributed by atoms with Crippen LogP contribution in [-0.4, -0.2) is 30.1 Å². The van der Waals surface area contributed by atoms with Gasteiger partial charge in [0.2, 0.25) is 0 Å². The van der Waals surface area contributed by atoms with Crippen molar-refractivity contribution in [2.75, 3.05) is 6.79 Å². The first kappa shape index (κ1) is 9.04. The predicted octanol–water partition coefficient (Wildman–Crippen LogP) is 0.226. The maximum atomic E-state index is 10.3. The summed E-state index contributed by atoms with van der Waals surface area (Å²) in [7, 11) is 0. The highest BCUT2D eigenvalue weighted by Crippen LogP contribution is 2.15. The third-order valence-corrected chi connectivity index (χ3v) is 1.64. The Balaban J connectivity index is 2.36. The number of terminal acetylenes is 1. The Morgan fingerprint density at radius 3 is 3.00 bits per heavy atom. The Labute approximate surface area is 70.5 Å². The summed E-state index contributed by atoms with van der Waals surface area (Å²) in [5, 5.41) is 8.45. The molecule has 0 aromatic heterocycles. The van der Waals surface area contributed by atoms with Crippen molar-refractivity contribution in [2.45, 2.75) is 25.0 Å². The molecule has 0 aliphatic carbocycles. The standard InChI is InChI=1S/C8H10O4/c1-2-6-3-7(4-8(9)10)12-5-11-6/h1,6-7H,3-5H2,(H,9,10)/t6-,7-/m1/s1. The molecule has 1 fully saturated rings. The molecule has 1 aliphatic heterocycles. The van der Waals surface area contributed by atoms with Crippen LogP contribution >= 0.6 is 0 Å². The fourth-order valence-corrected chi connectivity index (χ4v) is 1.05. The minimum absolute atomic E-state index is 0.0124. The van der Waals surface area contributed by atoms with Gasteiger partial charge in [0, 0.05) is 6.42 Å². The van der Waals surface area contributed by atoms with Gasteiger partial charge in [0.25, 0.3) is 0 Å². The third kappa shape index (κ3) is 2.53. The maximum Gasteiger partial charge on any atom is 0.305 e. The molecule has 1 N–H and O–H groups in total. The molecule has 1 heterocycles. The normalized spacial score (nSPS) is 29.2. The van der Waals surface area contributed by atoms with Gasteiger partial charge in [0.15, 0.2) is 0 Å². The second-order valence-electron chi connectivity index (χ2n) is 2.56. The molecule has 2 atom stereocenters. The molecule has 4 heteroatoms. The van der Waals surface area contributed by atoms with Crippen LogP contribution in [0.1, 0.15) is 12.8 Å². The number of carboxylic acids is 1. The zero-order valence-corrected chi connectivity index (χ0v) is 6.53. The van der Waals surface area contributed by atoms with Crippen molar-refractivity contribution >= 4 is 5.97 Å². The van der Waals surface area contributed by atoms with Gasteiger partial charge in [-0.25, -0.2) is 0 Å². The van der Waals surface area contributed by atoms with Crippen LogP contribution in [0.4, 0.5) is 0 Å². The van der Waals surface area contributed by atoms with Crippen molar-refractivity contribution in [1.82, 2.24) is 0 Å². The minimum Gasteiger partial charge on any atom is -0.481 e. The van der Waals surface area contributed by atoms with Crippen LogP contribution in [0.25, 0.3) is 0 Å². The van der Waals surface area contributed by atoms with Crippen molar-refractivity contribution in [3.63, 3.8) is 0 Å². The Kier molecular flexibility index (Phi) is 3.09. The van der Waals surface area contributed by atoms with Crippen LogP contribution in [0, 0.1) is 12.3 Å². The average Bonchev–Trinajstić information content (AvgIpc) is 2.03. The van der Waals surface area contributed by atoms with Gasteiger partial charge in [-0.05, 0) is 0 Å². The Morgan fingerprint density at radius 2 is 2.42 bits per heavy atom. The van der Waals surface area contributed by atoms with Gasteiger partial charge in [-0.3, -0.25) is 4.79 Å². The molecular weight excluding hydrogens is 160 g/mol. The number of rotatable bonds is 2. The zero-order chi connectivity index (χ0) is 8.97. The molecular formula is C8H10O4. The van der Waals surface area contributed by atoms with E-state index in [0.717, 1.165) is 0 Å². The van der Waals surface area contributed by atoms with E-state index in [1.807, 2.05) is 0 Å². The minimum atomic E-state index is -0.877. The van der Waals surface area contributed by atoms with E-state index in [4.69, 9.17) is 21.0 Å². The molecule has 0 bridgehead atoms. The van der Waals surface area contributed by atoms with E-state index in [-0.39, 0.29) is 25.4 Å². The highest BCUT2D eigenvalue weighted by Gasteiger charge is 2.23. The highest BCUT2D eigenvalue weighted by atomic mass is 16.7. The molecule has 66 valence electrons. The van der Waals surface area contributed by atoms with Gasteiger partial charge in [-0.2, -0.15) is 0 Å². The Morgan fingerprint density at radius 1 is 1.67 bits per heavy atom. The van der Waals surface area contributed by atoms with Gasteiger partial charge >= 0.3 is 5.97 Å². The third-order valence-electron chi connectivity index (χ3n) is 1.64. The SMILES string of the molecule is C#C[C@@H]1C[C@H](CC(=O)O)OCO1. The second kappa shape index (κ2) is 4.10. The van der Waals surface area contributed by atoms with Crippen LogP contribution in [0.15, 0.2) is 0 Å². The lowest BCUT2D eigenvalue weighted by Crippen LogP contribution is -2.31. The molecule has 0 unspecified atom stereocenters. The molecule has 0 radical (unpaired) electrons. The van der Waals surface area contributed by atoms with Crippen LogP contribution in [0.3, 0.4) is 0 Å². The summed E-state index contributed by atoms with van der Waals surface area (Å²) in [5.74, 6) is 1.53. The van der Waals surface area contributed by atoms with Crippen LogP contribution in [-0.2, 0) is 14.3 Å². The Hall–Kier alpha value is -1.05. The van der Waals surface area contributed by atoms with E-state index in [1.54, 1.807) is 0 Å². The van der Waals surface area contributed by atoms with Crippen molar-refractivity contribution in [1.29, 1.82) is 0 Å². The van der Waals surface area contributed by atoms with Gasteiger partial charge in [-0.15, -0.1) is 6.42 Å². The summed E-state index contributed by atoms with van der Waals surface area (Å²) in [5.41, 5.74) is 0. The summed E-state index contributed by atoms with van der Waals surface area (Å²) in [6, 6.07) is 0. The second-order valence-corrected chi connectivity index (χ2v) is 2.56. The van der Waals surface area contributed by atoms with E-state index < -0.39 is 5.97 Å². The summed E-state index contributed by atoms with van der Waals surface area (Å²) in [6.45, 7) is 0.0901. The van der Waals surface area contributed by atoms with Crippen molar-refractivity contribution in [3.05, 3.63) is 0 Å². The van der Waals surface area contributed by atoms with Gasteiger partial charge in [0.1, 0.15) is 12.9 Å². The lowest BCUT2D eigenvalue weighted by atomic mass is 10.1. The summed E-state index contributed by atoms with van der Waals surface area (Å²) in [4.78, 5) is 10.3. The predicted molar refractivity (Wildman–Crippen MR) is 40.3 cm³/mol. The fourth-order valence-electron chi connectivity index (χ4n) is 1.05. The number of carboxylic acid groups (broad SMARTS) is 1. The molecule has 0 spiro atoms. The van der Waals surface area contributed by atoms with Crippen LogP contribution in [0.5, 0.6) is 0 Å². The number of ether oxygens (including phenoxy) is 2. The molecule has 0 aromatic rings. The van der Waals surface area contributed by atoms with Crippen molar-refractivity contribution in [2.24, 2.45) is 0 Å². The van der Waals surface area contributed by atoms with E-state index in [9.17, 15) is 4.79 Å². The van der Waals surface area contributed by atoms with E-state index in [1.165, 1.54) is 0 Å². The van der Waals surface area contributed by atoms with E-state index in [2.05, 4.69) is 5.92 Å². The smallest absolute Gasteiger partial charge is 0.305 e. The Bertz CT molecular complexity index is 206. The largest absolute Gasteiger partial charge is 0.481 e. The fraction of sp³-hybridized carbons (Fsp3) is 0.625. The number of hydrogen-bond donors (Lipinski definition) is 1. The highest BCUT2D eigenvalue weighted by molar-refractivity contribution is 5.67. The average molecular weight is 170 g/mol. The lowest BCUT2D eigenvalue weighted by Gasteiger charge is -2.25. The quantitative estimate of drug-likeness (QED) is 0.602. The molecule has 0 amide bonds. The van der Waals surface area contributed by atoms with Crippen LogP contribution < -0.4 is 0 Å². The summed E-state index contributed by atoms with van der Waals surface area (Å²) >= 11 is 0. The molecule has 1 aliphatic rings. The van der Waals surface area contributed by atoms with E-state index in [0.29, 0.717) is 6.42 Å². The topological polar surface area (TPSA) is 55.8 Å². The molecule has 12 heavy (non-hydrogen) atoms. The molecule has 0 saturated carbocycles. The zero-order valence-electron chi connectivity index (χ0n) is 6.53. The van der Waals surface area contributed by atoms with Gasteiger partial charge in [0.05, 0.1) is 12.5 Å². The first-order chi connectivity index (χ1) is 5.72. The molecule has 1 saturated heterocycles. The molecule has 4 nitrogen and oxygen atoms in total.